The normalized spacial score (nSPS) is 17.9. The first kappa shape index (κ1) is 19.7. The summed E-state index contributed by atoms with van der Waals surface area (Å²) in [6, 6.07) is 7.67. The molecule has 0 saturated heterocycles. The third-order valence-corrected chi connectivity index (χ3v) is 6.31. The molecule has 1 saturated carbocycles. The van der Waals surface area contributed by atoms with E-state index in [0.29, 0.717) is 18.2 Å². The largest absolute Gasteiger partial charge is 0.477 e. The van der Waals surface area contributed by atoms with Gasteiger partial charge < -0.3 is 9.67 Å². The van der Waals surface area contributed by atoms with Crippen LogP contribution in [-0.2, 0) is 6.54 Å². The van der Waals surface area contributed by atoms with Crippen LogP contribution in [0, 0.1) is 11.2 Å². The fourth-order valence-corrected chi connectivity index (χ4v) is 4.52. The van der Waals surface area contributed by atoms with Gasteiger partial charge in [0.15, 0.2) is 5.43 Å². The van der Waals surface area contributed by atoms with Gasteiger partial charge in [-0.25, -0.2) is 9.18 Å². The molecule has 6 nitrogen and oxygen atoms in total. The Labute approximate surface area is 179 Å². The molecule has 160 valence electrons. The first-order chi connectivity index (χ1) is 14.6. The Kier molecular flexibility index (Phi) is 4.22. The number of nitrogens with zero attached hydrogens (tertiary/aromatic N) is 3. The van der Waals surface area contributed by atoms with Crippen LogP contribution in [0.15, 0.2) is 41.3 Å². The number of pyridine rings is 1. The number of halogens is 1. The number of carboxylic acids is 1. The minimum absolute atomic E-state index is 0.0817. The van der Waals surface area contributed by atoms with Crippen molar-refractivity contribution in [2.75, 3.05) is 0 Å². The Morgan fingerprint density at radius 2 is 1.87 bits per heavy atom. The molecule has 1 aromatic carbocycles. The maximum atomic E-state index is 13.6. The summed E-state index contributed by atoms with van der Waals surface area (Å²) in [5.74, 6) is -1.19. The SMILES string of the molecule is CC(C)(C)[C@@H]1Cn2nc(C3CC3)c(-c3ccc(F)cc3)c2-c2cc(=O)c(C(=O)O)cn21. The molecule has 1 atom stereocenters. The van der Waals surface area contributed by atoms with Crippen molar-refractivity contribution in [3.8, 4) is 22.5 Å². The van der Waals surface area contributed by atoms with Crippen molar-refractivity contribution >= 4 is 5.97 Å². The maximum absolute atomic E-state index is 13.6. The van der Waals surface area contributed by atoms with E-state index in [9.17, 15) is 19.1 Å². The second kappa shape index (κ2) is 6.64. The van der Waals surface area contributed by atoms with E-state index < -0.39 is 11.4 Å². The summed E-state index contributed by atoms with van der Waals surface area (Å²) in [7, 11) is 0. The summed E-state index contributed by atoms with van der Waals surface area (Å²) >= 11 is 0. The number of aromatic nitrogens is 3. The Morgan fingerprint density at radius 3 is 2.45 bits per heavy atom. The molecule has 1 aliphatic carbocycles. The lowest BCUT2D eigenvalue weighted by Gasteiger charge is -2.38. The van der Waals surface area contributed by atoms with Crippen LogP contribution in [0.1, 0.15) is 61.6 Å². The first-order valence-corrected chi connectivity index (χ1v) is 10.5. The molecular formula is C24H24FN3O3. The number of fused-ring (bicyclic) bond motifs is 3. The zero-order valence-corrected chi connectivity index (χ0v) is 17.7. The monoisotopic (exact) mass is 421 g/mol. The van der Waals surface area contributed by atoms with Gasteiger partial charge in [-0.1, -0.05) is 32.9 Å². The van der Waals surface area contributed by atoms with Crippen LogP contribution in [-0.4, -0.2) is 25.4 Å². The molecule has 3 heterocycles. The molecule has 31 heavy (non-hydrogen) atoms. The fourth-order valence-electron chi connectivity index (χ4n) is 4.52. The van der Waals surface area contributed by atoms with Crippen LogP contribution in [0.2, 0.25) is 0 Å². The molecule has 0 radical (unpaired) electrons. The van der Waals surface area contributed by atoms with Gasteiger partial charge in [-0.2, -0.15) is 5.10 Å². The van der Waals surface area contributed by atoms with Crippen LogP contribution >= 0.6 is 0 Å². The number of carbonyl (C=O) groups is 1. The van der Waals surface area contributed by atoms with Gasteiger partial charge in [-0.05, 0) is 36.0 Å². The highest BCUT2D eigenvalue weighted by molar-refractivity contribution is 5.88. The Bertz CT molecular complexity index is 1260. The molecule has 1 N–H and O–H groups in total. The zero-order chi connectivity index (χ0) is 22.1. The topological polar surface area (TPSA) is 77.1 Å². The van der Waals surface area contributed by atoms with E-state index in [4.69, 9.17) is 5.10 Å². The van der Waals surface area contributed by atoms with Crippen molar-refractivity contribution in [1.82, 2.24) is 14.3 Å². The maximum Gasteiger partial charge on any atom is 0.341 e. The molecule has 0 amide bonds. The highest BCUT2D eigenvalue weighted by Crippen LogP contribution is 2.49. The lowest BCUT2D eigenvalue weighted by molar-refractivity contribution is 0.0693. The smallest absolute Gasteiger partial charge is 0.341 e. The Balaban J connectivity index is 1.83. The van der Waals surface area contributed by atoms with Gasteiger partial charge in [-0.3, -0.25) is 9.48 Å². The fraction of sp³-hybridized carbons (Fsp3) is 0.375. The third kappa shape index (κ3) is 3.19. The van der Waals surface area contributed by atoms with E-state index >= 15 is 0 Å². The highest BCUT2D eigenvalue weighted by atomic mass is 19.1. The lowest BCUT2D eigenvalue weighted by Crippen LogP contribution is -2.35. The molecule has 3 aromatic rings. The number of carboxylic acid groups (broad SMARTS) is 1. The number of benzene rings is 1. The third-order valence-electron chi connectivity index (χ3n) is 6.31. The van der Waals surface area contributed by atoms with Crippen LogP contribution in [0.3, 0.4) is 0 Å². The summed E-state index contributed by atoms with van der Waals surface area (Å²) < 4.78 is 17.5. The van der Waals surface area contributed by atoms with E-state index in [1.807, 2.05) is 9.25 Å². The average Bonchev–Trinajstić information content (AvgIpc) is 3.47. The van der Waals surface area contributed by atoms with Crippen molar-refractivity contribution in [3.63, 3.8) is 0 Å². The minimum Gasteiger partial charge on any atom is -0.477 e. The standard InChI is InChI=1S/C24H24FN3O3/c1-24(2,3)19-12-28-22(17-10-18(29)16(23(30)31)11-27(17)19)20(21(26-28)14-4-5-14)13-6-8-15(25)9-7-13/h6-11,14,19H,4-5,12H2,1-3H3,(H,30,31)/t19-/m0/s1. The van der Waals surface area contributed by atoms with Crippen molar-refractivity contribution in [1.29, 1.82) is 0 Å². The number of aromatic carboxylic acids is 1. The van der Waals surface area contributed by atoms with Gasteiger partial charge in [0.25, 0.3) is 0 Å². The minimum atomic E-state index is -1.23. The molecule has 5 rings (SSSR count). The zero-order valence-electron chi connectivity index (χ0n) is 17.7. The molecule has 0 unspecified atom stereocenters. The van der Waals surface area contributed by atoms with Crippen LogP contribution < -0.4 is 5.43 Å². The molecule has 0 bridgehead atoms. The quantitative estimate of drug-likeness (QED) is 0.665. The van der Waals surface area contributed by atoms with Gasteiger partial charge in [0.05, 0.1) is 29.7 Å². The van der Waals surface area contributed by atoms with E-state index in [1.54, 1.807) is 12.1 Å². The lowest BCUT2D eigenvalue weighted by atomic mass is 9.84. The van der Waals surface area contributed by atoms with Crippen molar-refractivity contribution in [2.45, 2.75) is 52.1 Å². The van der Waals surface area contributed by atoms with Crippen molar-refractivity contribution < 1.29 is 14.3 Å². The molecule has 1 aliphatic heterocycles. The summed E-state index contributed by atoms with van der Waals surface area (Å²) in [5.41, 5.74) is 3.21. The van der Waals surface area contributed by atoms with E-state index in [2.05, 4.69) is 20.8 Å². The van der Waals surface area contributed by atoms with Gasteiger partial charge in [0.2, 0.25) is 0 Å². The second-order valence-corrected chi connectivity index (χ2v) is 9.60. The molecule has 0 spiro atoms. The molecular weight excluding hydrogens is 397 g/mol. The molecule has 2 aliphatic rings. The molecule has 1 fully saturated rings. The average molecular weight is 421 g/mol. The van der Waals surface area contributed by atoms with Crippen molar-refractivity contribution in [2.24, 2.45) is 5.41 Å². The summed E-state index contributed by atoms with van der Waals surface area (Å²) in [6.07, 6.45) is 3.58. The van der Waals surface area contributed by atoms with E-state index in [0.717, 1.165) is 35.4 Å². The number of hydrogen-bond donors (Lipinski definition) is 1. The molecule has 7 heteroatoms. The Morgan fingerprint density at radius 1 is 1.19 bits per heavy atom. The highest BCUT2D eigenvalue weighted by Gasteiger charge is 2.39. The predicted octanol–water partition coefficient (Wildman–Crippen LogP) is 4.69. The van der Waals surface area contributed by atoms with E-state index in [-0.39, 0.29) is 22.8 Å². The van der Waals surface area contributed by atoms with Crippen molar-refractivity contribution in [3.05, 3.63) is 63.8 Å². The van der Waals surface area contributed by atoms with Crippen LogP contribution in [0.25, 0.3) is 22.5 Å². The van der Waals surface area contributed by atoms with Gasteiger partial charge in [0, 0.05) is 23.7 Å². The number of rotatable bonds is 3. The summed E-state index contributed by atoms with van der Waals surface area (Å²) in [4.78, 5) is 24.3. The van der Waals surface area contributed by atoms with Gasteiger partial charge in [0.1, 0.15) is 11.4 Å². The summed E-state index contributed by atoms with van der Waals surface area (Å²) in [6.45, 7) is 6.85. The van der Waals surface area contributed by atoms with Crippen LogP contribution in [0.4, 0.5) is 4.39 Å². The van der Waals surface area contributed by atoms with Crippen LogP contribution in [0.5, 0.6) is 0 Å². The van der Waals surface area contributed by atoms with E-state index in [1.165, 1.54) is 24.4 Å². The number of hydrogen-bond acceptors (Lipinski definition) is 3. The second-order valence-electron chi connectivity index (χ2n) is 9.60. The predicted molar refractivity (Wildman–Crippen MR) is 115 cm³/mol. The first-order valence-electron chi connectivity index (χ1n) is 10.5. The van der Waals surface area contributed by atoms with Gasteiger partial charge >= 0.3 is 5.97 Å². The Hall–Kier alpha value is -3.22. The van der Waals surface area contributed by atoms with Gasteiger partial charge in [-0.15, -0.1) is 0 Å². The summed E-state index contributed by atoms with van der Waals surface area (Å²) in [5, 5.41) is 14.5. The molecule has 2 aromatic heterocycles.